The zero-order valence-corrected chi connectivity index (χ0v) is 16.1. The van der Waals surface area contributed by atoms with Gasteiger partial charge in [-0.3, -0.25) is 9.69 Å². The van der Waals surface area contributed by atoms with Crippen LogP contribution < -0.4 is 5.32 Å². The molecule has 1 amide bonds. The van der Waals surface area contributed by atoms with Gasteiger partial charge in [-0.15, -0.1) is 0 Å². The fourth-order valence-electron chi connectivity index (χ4n) is 4.38. The lowest BCUT2D eigenvalue weighted by molar-refractivity contribution is -0.131. The second-order valence-corrected chi connectivity index (χ2v) is 8.48. The number of hydrogen-bond donors (Lipinski definition) is 2. The predicted octanol–water partition coefficient (Wildman–Crippen LogP) is 2.53. The molecular formula is C20H21FN4O2S. The molecule has 1 aromatic carbocycles. The monoisotopic (exact) mass is 400 g/mol. The van der Waals surface area contributed by atoms with Crippen molar-refractivity contribution >= 4 is 28.3 Å². The Morgan fingerprint density at radius 3 is 3.25 bits per heavy atom. The van der Waals surface area contributed by atoms with Gasteiger partial charge >= 0.3 is 0 Å². The fraction of sp³-hybridized carbons (Fsp3) is 0.400. The molecule has 0 spiro atoms. The second-order valence-electron chi connectivity index (χ2n) is 7.70. The summed E-state index contributed by atoms with van der Waals surface area (Å²) in [6.45, 7) is 3.79. The van der Waals surface area contributed by atoms with E-state index in [0.717, 1.165) is 13.1 Å². The van der Waals surface area contributed by atoms with Crippen LogP contribution in [0.15, 0.2) is 35.0 Å². The average molecular weight is 400 g/mol. The Morgan fingerprint density at radius 1 is 1.46 bits per heavy atom. The van der Waals surface area contributed by atoms with Gasteiger partial charge in [-0.25, -0.2) is 9.37 Å². The first-order valence-corrected chi connectivity index (χ1v) is 10.3. The Balaban J connectivity index is 1.27. The van der Waals surface area contributed by atoms with E-state index in [0.29, 0.717) is 36.6 Å². The Labute approximate surface area is 165 Å². The van der Waals surface area contributed by atoms with Crippen molar-refractivity contribution < 1.29 is 13.9 Å². The summed E-state index contributed by atoms with van der Waals surface area (Å²) in [5, 5.41) is 7.26. The number of nitrogens with zero attached hydrogens (tertiary/aromatic N) is 2. The number of carbonyl (C=O) groups is 1. The molecule has 6 nitrogen and oxygen atoms in total. The number of imidazole rings is 1. The highest BCUT2D eigenvalue weighted by atomic mass is 32.1. The van der Waals surface area contributed by atoms with E-state index in [9.17, 15) is 9.18 Å². The number of carbonyl (C=O) groups excluding carboxylic acids is 1. The highest BCUT2D eigenvalue weighted by Gasteiger charge is 2.55. The topological polar surface area (TPSA) is 70.2 Å². The fourth-order valence-corrected chi connectivity index (χ4v) is 5.04. The maximum Gasteiger partial charge on any atom is 0.230 e. The number of likely N-dealkylation sites (tertiary alicyclic amines) is 1. The number of benzene rings is 1. The lowest BCUT2D eigenvalue weighted by Gasteiger charge is -2.25. The van der Waals surface area contributed by atoms with Gasteiger partial charge in [0.05, 0.1) is 36.2 Å². The van der Waals surface area contributed by atoms with Crippen molar-refractivity contribution in [1.82, 2.24) is 20.2 Å². The standard InChI is InChI=1S/C20H21FN4O2S/c21-15-1-2-16-17(5-15)24-18(23-16)6-22-19(26)20-11-25(7-13-3-4-28-10-13)8-14(20)9-27-12-20/h1-5,10,14H,6-9,11-12H2,(H,22,26)(H,23,24)/t14-,20-/m1/s1. The summed E-state index contributed by atoms with van der Waals surface area (Å²) in [5.74, 6) is 0.521. The van der Waals surface area contributed by atoms with Crippen LogP contribution in [-0.2, 0) is 22.6 Å². The van der Waals surface area contributed by atoms with E-state index < -0.39 is 5.41 Å². The van der Waals surface area contributed by atoms with Crippen LogP contribution in [0.2, 0.25) is 0 Å². The van der Waals surface area contributed by atoms with E-state index in [2.05, 4.69) is 37.0 Å². The summed E-state index contributed by atoms with van der Waals surface area (Å²) >= 11 is 1.69. The minimum absolute atomic E-state index is 0.00875. The summed E-state index contributed by atoms with van der Waals surface area (Å²) in [6.07, 6.45) is 0. The van der Waals surface area contributed by atoms with Gasteiger partial charge in [-0.1, -0.05) is 0 Å². The average Bonchev–Trinajstić information content (AvgIpc) is 3.42. The molecule has 2 aliphatic rings. The molecule has 2 N–H and O–H groups in total. The molecule has 2 aliphatic heterocycles. The molecule has 2 saturated heterocycles. The molecule has 3 aromatic rings. The summed E-state index contributed by atoms with van der Waals surface area (Å²) in [7, 11) is 0. The zero-order valence-electron chi connectivity index (χ0n) is 15.3. The molecule has 28 heavy (non-hydrogen) atoms. The lowest BCUT2D eigenvalue weighted by Crippen LogP contribution is -2.46. The van der Waals surface area contributed by atoms with E-state index in [4.69, 9.17) is 4.74 Å². The first-order chi connectivity index (χ1) is 13.6. The van der Waals surface area contributed by atoms with Crippen LogP contribution >= 0.6 is 11.3 Å². The van der Waals surface area contributed by atoms with Crippen LogP contribution in [0.4, 0.5) is 4.39 Å². The molecule has 5 rings (SSSR count). The summed E-state index contributed by atoms with van der Waals surface area (Å²) in [4.78, 5) is 23.0. The number of amides is 1. The first kappa shape index (κ1) is 17.8. The normalized spacial score (nSPS) is 24.7. The number of aromatic amines is 1. The van der Waals surface area contributed by atoms with Gasteiger partial charge in [-0.05, 0) is 40.6 Å². The highest BCUT2D eigenvalue weighted by Crippen LogP contribution is 2.42. The third kappa shape index (κ3) is 3.11. The van der Waals surface area contributed by atoms with E-state index in [1.54, 1.807) is 17.4 Å². The van der Waals surface area contributed by atoms with Gasteiger partial charge in [0.25, 0.3) is 0 Å². The van der Waals surface area contributed by atoms with Crippen molar-refractivity contribution in [3.05, 3.63) is 52.2 Å². The van der Waals surface area contributed by atoms with E-state index in [1.165, 1.54) is 17.7 Å². The van der Waals surface area contributed by atoms with Gasteiger partial charge in [0.1, 0.15) is 11.6 Å². The molecule has 0 radical (unpaired) electrons. The first-order valence-electron chi connectivity index (χ1n) is 9.36. The molecule has 146 valence electrons. The van der Waals surface area contributed by atoms with E-state index >= 15 is 0 Å². The lowest BCUT2D eigenvalue weighted by atomic mass is 9.80. The molecule has 2 atom stereocenters. The Bertz CT molecular complexity index is 1000. The largest absolute Gasteiger partial charge is 0.380 e. The number of halogens is 1. The number of ether oxygens (including phenoxy) is 1. The summed E-state index contributed by atoms with van der Waals surface area (Å²) < 4.78 is 19.0. The van der Waals surface area contributed by atoms with Crippen LogP contribution in [0.5, 0.6) is 0 Å². The number of hydrogen-bond acceptors (Lipinski definition) is 5. The van der Waals surface area contributed by atoms with Crippen molar-refractivity contribution in [2.75, 3.05) is 26.3 Å². The van der Waals surface area contributed by atoms with E-state index in [-0.39, 0.29) is 24.2 Å². The predicted molar refractivity (Wildman–Crippen MR) is 104 cm³/mol. The van der Waals surface area contributed by atoms with Gasteiger partial charge in [0.15, 0.2) is 0 Å². The van der Waals surface area contributed by atoms with Crippen LogP contribution in [0.3, 0.4) is 0 Å². The Morgan fingerprint density at radius 2 is 2.39 bits per heavy atom. The molecule has 2 fully saturated rings. The van der Waals surface area contributed by atoms with Crippen molar-refractivity contribution in [3.63, 3.8) is 0 Å². The third-order valence-corrected chi connectivity index (χ3v) is 6.52. The van der Waals surface area contributed by atoms with Crippen molar-refractivity contribution in [3.8, 4) is 0 Å². The molecule has 0 unspecified atom stereocenters. The summed E-state index contributed by atoms with van der Waals surface area (Å²) in [5.41, 5.74) is 2.10. The maximum atomic E-state index is 13.3. The molecule has 2 aromatic heterocycles. The quantitative estimate of drug-likeness (QED) is 0.691. The minimum atomic E-state index is -0.506. The number of rotatable bonds is 5. The molecule has 4 heterocycles. The number of nitrogens with one attached hydrogen (secondary N) is 2. The Hall–Kier alpha value is -2.29. The number of fused-ring (bicyclic) bond motifs is 2. The highest BCUT2D eigenvalue weighted by molar-refractivity contribution is 7.07. The minimum Gasteiger partial charge on any atom is -0.380 e. The van der Waals surface area contributed by atoms with Gasteiger partial charge in [-0.2, -0.15) is 11.3 Å². The third-order valence-electron chi connectivity index (χ3n) is 5.79. The van der Waals surface area contributed by atoms with Gasteiger partial charge in [0.2, 0.25) is 5.91 Å². The van der Waals surface area contributed by atoms with Crippen molar-refractivity contribution in [2.24, 2.45) is 11.3 Å². The maximum absolute atomic E-state index is 13.3. The van der Waals surface area contributed by atoms with Crippen LogP contribution in [-0.4, -0.2) is 47.1 Å². The van der Waals surface area contributed by atoms with Crippen molar-refractivity contribution in [1.29, 1.82) is 0 Å². The molecular weight excluding hydrogens is 379 g/mol. The van der Waals surface area contributed by atoms with Crippen LogP contribution in [0.1, 0.15) is 11.4 Å². The second kappa shape index (κ2) is 6.95. The number of H-pyrrole nitrogens is 1. The SMILES string of the molecule is O=C(NCc1nc2ccc(F)cc2[nH]1)[C@]12COC[C@H]1CN(Cc1ccsc1)C2. The molecule has 0 aliphatic carbocycles. The molecule has 0 saturated carbocycles. The molecule has 8 heteroatoms. The zero-order chi connectivity index (χ0) is 19.1. The van der Waals surface area contributed by atoms with Gasteiger partial charge in [0, 0.05) is 25.6 Å². The Kier molecular flexibility index (Phi) is 4.41. The number of aromatic nitrogens is 2. The van der Waals surface area contributed by atoms with E-state index in [1.807, 2.05) is 0 Å². The molecule has 0 bridgehead atoms. The smallest absolute Gasteiger partial charge is 0.230 e. The van der Waals surface area contributed by atoms with Crippen LogP contribution in [0, 0.1) is 17.2 Å². The van der Waals surface area contributed by atoms with Crippen LogP contribution in [0.25, 0.3) is 11.0 Å². The van der Waals surface area contributed by atoms with Gasteiger partial charge < -0.3 is 15.0 Å². The summed E-state index contributed by atoms with van der Waals surface area (Å²) in [6, 6.07) is 6.55. The number of thiophene rings is 1. The van der Waals surface area contributed by atoms with Crippen molar-refractivity contribution in [2.45, 2.75) is 13.1 Å².